The van der Waals surface area contributed by atoms with Crippen LogP contribution in [0, 0.1) is 12.8 Å². The smallest absolute Gasteiger partial charge is 0.306 e. The van der Waals surface area contributed by atoms with Crippen LogP contribution in [0.1, 0.15) is 24.5 Å². The second-order valence-corrected chi connectivity index (χ2v) is 4.53. The number of carboxylic acid groups (broad SMARTS) is 1. The molecular weight excluding hydrogens is 230 g/mol. The molecule has 0 saturated carbocycles. The minimum absolute atomic E-state index is 0.0309. The molecule has 0 fully saturated rings. The van der Waals surface area contributed by atoms with Crippen molar-refractivity contribution in [1.82, 2.24) is 5.32 Å². The summed E-state index contributed by atoms with van der Waals surface area (Å²) in [5.74, 6) is -1.79. The second-order valence-electron chi connectivity index (χ2n) is 4.53. The quantitative estimate of drug-likeness (QED) is 0.807. The van der Waals surface area contributed by atoms with Crippen molar-refractivity contribution in [2.24, 2.45) is 5.92 Å². The average Bonchev–Trinajstić information content (AvgIpc) is 2.28. The molecular formula is C14H19NO3. The van der Waals surface area contributed by atoms with Crippen molar-refractivity contribution < 1.29 is 14.7 Å². The largest absolute Gasteiger partial charge is 0.481 e. The predicted octanol–water partition coefficient (Wildman–Crippen LogP) is 1.76. The number of carboxylic acids is 1. The molecule has 0 saturated heterocycles. The number of aliphatic carboxylic acids is 1. The molecule has 0 aliphatic heterocycles. The van der Waals surface area contributed by atoms with Crippen LogP contribution in [0.3, 0.4) is 0 Å². The number of nitrogens with one attached hydrogen (secondary N) is 1. The van der Waals surface area contributed by atoms with Gasteiger partial charge in [0.25, 0.3) is 0 Å². The molecule has 1 amide bonds. The molecule has 0 aromatic heterocycles. The van der Waals surface area contributed by atoms with Gasteiger partial charge in [0.2, 0.25) is 5.91 Å². The number of hydrogen-bond donors (Lipinski definition) is 2. The molecule has 98 valence electrons. The predicted molar refractivity (Wildman–Crippen MR) is 69.3 cm³/mol. The molecule has 0 spiro atoms. The van der Waals surface area contributed by atoms with Crippen molar-refractivity contribution >= 4 is 11.9 Å². The van der Waals surface area contributed by atoms with Gasteiger partial charge in [-0.05, 0) is 18.9 Å². The standard InChI is InChI=1S/C14H19NO3/c1-10-4-3-5-12(8-10)6-7-15-13(16)9-11(2)14(17)18/h3-5,8,11H,6-7,9H2,1-2H3,(H,15,16)(H,17,18). The number of carbonyl (C=O) groups excluding carboxylic acids is 1. The summed E-state index contributed by atoms with van der Waals surface area (Å²) in [5, 5.41) is 11.4. The Morgan fingerprint density at radius 3 is 2.72 bits per heavy atom. The zero-order valence-corrected chi connectivity index (χ0v) is 10.8. The third-order valence-electron chi connectivity index (χ3n) is 2.73. The molecule has 0 aliphatic rings. The molecule has 4 nitrogen and oxygen atoms in total. The first-order chi connectivity index (χ1) is 8.49. The highest BCUT2D eigenvalue weighted by Crippen LogP contribution is 2.04. The van der Waals surface area contributed by atoms with Crippen LogP contribution in [-0.2, 0) is 16.0 Å². The van der Waals surface area contributed by atoms with E-state index in [0.717, 1.165) is 6.42 Å². The Bertz CT molecular complexity index is 429. The number of aryl methyl sites for hydroxylation is 1. The SMILES string of the molecule is Cc1cccc(CCNC(=O)CC(C)C(=O)O)c1. The van der Waals surface area contributed by atoms with E-state index in [9.17, 15) is 9.59 Å². The maximum atomic E-state index is 11.4. The van der Waals surface area contributed by atoms with E-state index in [-0.39, 0.29) is 12.3 Å². The Balaban J connectivity index is 2.29. The van der Waals surface area contributed by atoms with Gasteiger partial charge in [-0.25, -0.2) is 0 Å². The lowest BCUT2D eigenvalue weighted by Gasteiger charge is -2.08. The van der Waals surface area contributed by atoms with Crippen LogP contribution in [0.25, 0.3) is 0 Å². The van der Waals surface area contributed by atoms with Crippen LogP contribution in [0.2, 0.25) is 0 Å². The van der Waals surface area contributed by atoms with Crippen LogP contribution < -0.4 is 5.32 Å². The fraction of sp³-hybridized carbons (Fsp3) is 0.429. The first kappa shape index (κ1) is 14.2. The van der Waals surface area contributed by atoms with Gasteiger partial charge in [-0.1, -0.05) is 36.8 Å². The summed E-state index contributed by atoms with van der Waals surface area (Å²) < 4.78 is 0. The minimum atomic E-state index is -0.941. The Morgan fingerprint density at radius 2 is 2.11 bits per heavy atom. The van der Waals surface area contributed by atoms with E-state index in [1.54, 1.807) is 0 Å². The fourth-order valence-corrected chi connectivity index (χ4v) is 1.65. The lowest BCUT2D eigenvalue weighted by atomic mass is 10.1. The van der Waals surface area contributed by atoms with E-state index in [4.69, 9.17) is 5.11 Å². The summed E-state index contributed by atoms with van der Waals surface area (Å²) in [6, 6.07) is 8.10. The monoisotopic (exact) mass is 249 g/mol. The van der Waals surface area contributed by atoms with Crippen LogP contribution >= 0.6 is 0 Å². The van der Waals surface area contributed by atoms with Crippen molar-refractivity contribution in [1.29, 1.82) is 0 Å². The normalized spacial score (nSPS) is 11.9. The third kappa shape index (κ3) is 4.99. The van der Waals surface area contributed by atoms with Gasteiger partial charge < -0.3 is 10.4 Å². The molecule has 1 unspecified atom stereocenters. The minimum Gasteiger partial charge on any atom is -0.481 e. The summed E-state index contributed by atoms with van der Waals surface area (Å²) in [4.78, 5) is 22.0. The fourth-order valence-electron chi connectivity index (χ4n) is 1.65. The second kappa shape index (κ2) is 6.79. The lowest BCUT2D eigenvalue weighted by molar-refractivity contribution is -0.143. The van der Waals surface area contributed by atoms with Gasteiger partial charge in [0.15, 0.2) is 0 Å². The highest BCUT2D eigenvalue weighted by Gasteiger charge is 2.14. The number of amides is 1. The Hall–Kier alpha value is -1.84. The Kier molecular flexibility index (Phi) is 5.36. The van der Waals surface area contributed by atoms with Crippen molar-refractivity contribution in [3.05, 3.63) is 35.4 Å². The van der Waals surface area contributed by atoms with Crippen molar-refractivity contribution in [3.63, 3.8) is 0 Å². The van der Waals surface area contributed by atoms with Crippen LogP contribution in [-0.4, -0.2) is 23.5 Å². The number of benzene rings is 1. The molecule has 1 aromatic rings. The number of carbonyl (C=O) groups is 2. The van der Waals surface area contributed by atoms with Gasteiger partial charge in [-0.15, -0.1) is 0 Å². The molecule has 2 N–H and O–H groups in total. The van der Waals surface area contributed by atoms with Crippen molar-refractivity contribution in [3.8, 4) is 0 Å². The van der Waals surface area contributed by atoms with Gasteiger partial charge >= 0.3 is 5.97 Å². The van der Waals surface area contributed by atoms with E-state index < -0.39 is 11.9 Å². The van der Waals surface area contributed by atoms with Crippen molar-refractivity contribution in [2.75, 3.05) is 6.54 Å². The highest BCUT2D eigenvalue weighted by atomic mass is 16.4. The van der Waals surface area contributed by atoms with E-state index in [1.165, 1.54) is 18.1 Å². The van der Waals surface area contributed by atoms with E-state index in [1.807, 2.05) is 25.1 Å². The van der Waals surface area contributed by atoms with Crippen LogP contribution in [0.5, 0.6) is 0 Å². The third-order valence-corrected chi connectivity index (χ3v) is 2.73. The summed E-state index contributed by atoms with van der Waals surface area (Å²) in [7, 11) is 0. The maximum Gasteiger partial charge on any atom is 0.306 e. The first-order valence-corrected chi connectivity index (χ1v) is 6.04. The van der Waals surface area contributed by atoms with Gasteiger partial charge in [0.05, 0.1) is 5.92 Å². The molecule has 0 bridgehead atoms. The average molecular weight is 249 g/mol. The van der Waals surface area contributed by atoms with Gasteiger partial charge in [0.1, 0.15) is 0 Å². The molecule has 0 heterocycles. The van der Waals surface area contributed by atoms with Crippen molar-refractivity contribution in [2.45, 2.75) is 26.7 Å². The van der Waals surface area contributed by atoms with E-state index in [2.05, 4.69) is 11.4 Å². The Labute approximate surface area is 107 Å². The molecule has 0 radical (unpaired) electrons. The van der Waals surface area contributed by atoms with Gasteiger partial charge in [0, 0.05) is 13.0 Å². The van der Waals surface area contributed by atoms with Crippen LogP contribution in [0.15, 0.2) is 24.3 Å². The summed E-state index contributed by atoms with van der Waals surface area (Å²) in [6.07, 6.45) is 0.790. The molecule has 4 heteroatoms. The summed E-state index contributed by atoms with van der Waals surface area (Å²) in [5.41, 5.74) is 2.36. The summed E-state index contributed by atoms with van der Waals surface area (Å²) >= 11 is 0. The molecule has 1 rings (SSSR count). The van der Waals surface area contributed by atoms with Crippen LogP contribution in [0.4, 0.5) is 0 Å². The highest BCUT2D eigenvalue weighted by molar-refractivity contribution is 5.81. The van der Waals surface area contributed by atoms with E-state index >= 15 is 0 Å². The summed E-state index contributed by atoms with van der Waals surface area (Å²) in [6.45, 7) is 4.09. The topological polar surface area (TPSA) is 66.4 Å². The lowest BCUT2D eigenvalue weighted by Crippen LogP contribution is -2.28. The number of hydrogen-bond acceptors (Lipinski definition) is 2. The van der Waals surface area contributed by atoms with Gasteiger partial charge in [-0.2, -0.15) is 0 Å². The zero-order chi connectivity index (χ0) is 13.5. The molecule has 1 atom stereocenters. The van der Waals surface area contributed by atoms with Gasteiger partial charge in [-0.3, -0.25) is 9.59 Å². The Morgan fingerprint density at radius 1 is 1.39 bits per heavy atom. The molecule has 1 aromatic carbocycles. The molecule has 18 heavy (non-hydrogen) atoms. The maximum absolute atomic E-state index is 11.4. The zero-order valence-electron chi connectivity index (χ0n) is 10.8. The first-order valence-electron chi connectivity index (χ1n) is 6.04. The van der Waals surface area contributed by atoms with E-state index in [0.29, 0.717) is 6.54 Å². The number of rotatable bonds is 6. The molecule has 0 aliphatic carbocycles.